The molecule has 160 valence electrons. The molecule has 0 spiro atoms. The maximum Gasteiger partial charge on any atom is 0.414 e. The summed E-state index contributed by atoms with van der Waals surface area (Å²) >= 11 is 0. The number of nitrogens with one attached hydrogen (secondary N) is 1. The molecule has 2 amide bonds. The molecule has 1 N–H and O–H groups in total. The number of aryl methyl sites for hydroxylation is 1. The number of benzene rings is 1. The highest BCUT2D eigenvalue weighted by atomic mass is 19.1. The summed E-state index contributed by atoms with van der Waals surface area (Å²) in [5.74, 6) is -0.612. The van der Waals surface area contributed by atoms with E-state index in [-0.39, 0.29) is 11.7 Å². The van der Waals surface area contributed by atoms with Gasteiger partial charge in [-0.1, -0.05) is 0 Å². The van der Waals surface area contributed by atoms with Crippen molar-refractivity contribution in [1.29, 1.82) is 0 Å². The summed E-state index contributed by atoms with van der Waals surface area (Å²) in [5, 5.41) is 2.81. The molecule has 1 aromatic heterocycles. The van der Waals surface area contributed by atoms with E-state index >= 15 is 0 Å². The SMILES string of the molecule is CC(C)(C)OC(=O)N1CCCc2nc(C(C)(C)C(=O)Nc3ccc(F)cc3)ccc21. The average molecular weight is 413 g/mol. The van der Waals surface area contributed by atoms with E-state index in [9.17, 15) is 14.0 Å². The standard InChI is InChI=1S/C23H28FN3O3/c1-22(2,3)30-21(29)27-14-6-7-17-18(27)12-13-19(26-17)23(4,5)20(28)25-16-10-8-15(24)9-11-16/h8-13H,6-7,14H2,1-5H3,(H,25,28). The van der Waals surface area contributed by atoms with Gasteiger partial charge < -0.3 is 10.1 Å². The third-order valence-corrected chi connectivity index (χ3v) is 4.96. The van der Waals surface area contributed by atoms with Crippen molar-refractivity contribution < 1.29 is 18.7 Å². The molecule has 3 rings (SSSR count). The van der Waals surface area contributed by atoms with E-state index in [0.29, 0.717) is 23.6 Å². The van der Waals surface area contributed by atoms with Gasteiger partial charge in [0, 0.05) is 12.2 Å². The Kier molecular flexibility index (Phi) is 5.83. The first-order valence-corrected chi connectivity index (χ1v) is 10.1. The minimum Gasteiger partial charge on any atom is -0.443 e. The monoisotopic (exact) mass is 413 g/mol. The summed E-state index contributed by atoms with van der Waals surface area (Å²) < 4.78 is 18.6. The lowest BCUT2D eigenvalue weighted by Crippen LogP contribution is -2.41. The first-order valence-electron chi connectivity index (χ1n) is 10.1. The molecule has 0 bridgehead atoms. The number of fused-ring (bicyclic) bond motifs is 1. The normalized spacial score (nSPS) is 14.1. The number of pyridine rings is 1. The number of ether oxygens (including phenoxy) is 1. The topological polar surface area (TPSA) is 71.5 Å². The van der Waals surface area contributed by atoms with Gasteiger partial charge in [-0.25, -0.2) is 9.18 Å². The second-order valence-corrected chi connectivity index (χ2v) is 8.98. The first-order chi connectivity index (χ1) is 14.0. The van der Waals surface area contributed by atoms with Crippen molar-refractivity contribution in [3.63, 3.8) is 0 Å². The maximum atomic E-state index is 13.1. The lowest BCUT2D eigenvalue weighted by molar-refractivity contribution is -0.120. The maximum absolute atomic E-state index is 13.1. The van der Waals surface area contributed by atoms with Gasteiger partial charge in [0.05, 0.1) is 22.5 Å². The molecule has 1 aliphatic heterocycles. The Labute approximate surface area is 176 Å². The predicted octanol–water partition coefficient (Wildman–Crippen LogP) is 4.82. The number of hydrogen-bond donors (Lipinski definition) is 1. The number of carbonyl (C=O) groups excluding carboxylic acids is 2. The van der Waals surface area contributed by atoms with Crippen molar-refractivity contribution in [3.8, 4) is 0 Å². The van der Waals surface area contributed by atoms with Crippen LogP contribution in [0, 0.1) is 5.82 Å². The molecule has 2 heterocycles. The van der Waals surface area contributed by atoms with Gasteiger partial charge in [0.1, 0.15) is 11.4 Å². The smallest absolute Gasteiger partial charge is 0.414 e. The minimum absolute atomic E-state index is 0.249. The average Bonchev–Trinajstić information content (AvgIpc) is 2.67. The molecule has 0 fully saturated rings. The fourth-order valence-corrected chi connectivity index (χ4v) is 3.24. The third-order valence-electron chi connectivity index (χ3n) is 4.96. The Morgan fingerprint density at radius 2 is 1.73 bits per heavy atom. The van der Waals surface area contributed by atoms with Gasteiger partial charge >= 0.3 is 6.09 Å². The fourth-order valence-electron chi connectivity index (χ4n) is 3.24. The van der Waals surface area contributed by atoms with Gasteiger partial charge in [-0.2, -0.15) is 0 Å². The Hall–Kier alpha value is -2.96. The molecule has 1 aromatic carbocycles. The fraction of sp³-hybridized carbons (Fsp3) is 0.435. The lowest BCUT2D eigenvalue weighted by atomic mass is 9.87. The molecule has 6 nitrogen and oxygen atoms in total. The van der Waals surface area contributed by atoms with Crippen molar-refractivity contribution in [1.82, 2.24) is 4.98 Å². The van der Waals surface area contributed by atoms with Crippen LogP contribution in [0.15, 0.2) is 36.4 Å². The van der Waals surface area contributed by atoms with Crippen molar-refractivity contribution >= 4 is 23.4 Å². The van der Waals surface area contributed by atoms with Crippen LogP contribution in [0.3, 0.4) is 0 Å². The van der Waals surface area contributed by atoms with Crippen LogP contribution < -0.4 is 10.2 Å². The Balaban J connectivity index is 1.82. The summed E-state index contributed by atoms with van der Waals surface area (Å²) in [6.07, 6.45) is 1.09. The molecule has 0 unspecified atom stereocenters. The Morgan fingerprint density at radius 3 is 2.37 bits per heavy atom. The lowest BCUT2D eigenvalue weighted by Gasteiger charge is -2.32. The summed E-state index contributed by atoms with van der Waals surface area (Å²) in [6, 6.07) is 9.22. The van der Waals surface area contributed by atoms with Gasteiger partial charge in [0.25, 0.3) is 0 Å². The van der Waals surface area contributed by atoms with E-state index in [4.69, 9.17) is 9.72 Å². The summed E-state index contributed by atoms with van der Waals surface area (Å²) in [6.45, 7) is 9.64. The van der Waals surface area contributed by atoms with Crippen LogP contribution in [0.1, 0.15) is 52.4 Å². The van der Waals surface area contributed by atoms with Crippen LogP contribution in [0.2, 0.25) is 0 Å². The van der Waals surface area contributed by atoms with Crippen molar-refractivity contribution in [2.75, 3.05) is 16.8 Å². The number of rotatable bonds is 3. The van der Waals surface area contributed by atoms with Crippen molar-refractivity contribution in [2.45, 2.75) is 58.5 Å². The molecule has 7 heteroatoms. The number of amides is 2. The van der Waals surface area contributed by atoms with E-state index in [2.05, 4.69) is 5.32 Å². The van der Waals surface area contributed by atoms with E-state index in [0.717, 1.165) is 18.5 Å². The summed E-state index contributed by atoms with van der Waals surface area (Å²) in [4.78, 5) is 31.8. The minimum atomic E-state index is -0.919. The largest absolute Gasteiger partial charge is 0.443 e. The molecule has 0 aliphatic carbocycles. The highest BCUT2D eigenvalue weighted by Crippen LogP contribution is 2.31. The van der Waals surface area contributed by atoms with Crippen LogP contribution in [-0.4, -0.2) is 29.1 Å². The summed E-state index contributed by atoms with van der Waals surface area (Å²) in [7, 11) is 0. The molecule has 0 radical (unpaired) electrons. The molecule has 2 aromatic rings. The van der Waals surface area contributed by atoms with Crippen molar-refractivity contribution in [2.24, 2.45) is 0 Å². The zero-order chi connectivity index (χ0) is 22.1. The molecule has 1 aliphatic rings. The Morgan fingerprint density at radius 1 is 1.07 bits per heavy atom. The molecule has 0 atom stereocenters. The van der Waals surface area contributed by atoms with Crippen LogP contribution in [0.4, 0.5) is 20.6 Å². The van der Waals surface area contributed by atoms with Gasteiger partial charge in [-0.15, -0.1) is 0 Å². The highest BCUT2D eigenvalue weighted by Gasteiger charge is 2.34. The number of nitrogens with zero attached hydrogens (tertiary/aromatic N) is 2. The van der Waals surface area contributed by atoms with Gasteiger partial charge in [0.2, 0.25) is 5.91 Å². The zero-order valence-electron chi connectivity index (χ0n) is 18.1. The van der Waals surface area contributed by atoms with E-state index < -0.39 is 17.1 Å². The van der Waals surface area contributed by atoms with Crippen LogP contribution >= 0.6 is 0 Å². The van der Waals surface area contributed by atoms with E-state index in [1.807, 2.05) is 26.8 Å². The van der Waals surface area contributed by atoms with E-state index in [1.54, 1.807) is 24.8 Å². The number of aromatic nitrogens is 1. The highest BCUT2D eigenvalue weighted by molar-refractivity contribution is 5.98. The van der Waals surface area contributed by atoms with Crippen LogP contribution in [0.5, 0.6) is 0 Å². The van der Waals surface area contributed by atoms with Gasteiger partial charge in [-0.3, -0.25) is 14.7 Å². The molecular formula is C23H28FN3O3. The Bertz CT molecular complexity index is 949. The van der Waals surface area contributed by atoms with Gasteiger partial charge in [0.15, 0.2) is 0 Å². The third kappa shape index (κ3) is 4.78. The second-order valence-electron chi connectivity index (χ2n) is 8.98. The number of anilines is 2. The quantitative estimate of drug-likeness (QED) is 0.783. The molecular weight excluding hydrogens is 385 g/mol. The number of carbonyl (C=O) groups is 2. The summed E-state index contributed by atoms with van der Waals surface area (Å²) in [5.41, 5.74) is 1.11. The number of halogens is 1. The molecule has 0 saturated heterocycles. The predicted molar refractivity (Wildman–Crippen MR) is 114 cm³/mol. The van der Waals surface area contributed by atoms with Crippen LogP contribution in [-0.2, 0) is 21.4 Å². The molecule has 30 heavy (non-hydrogen) atoms. The zero-order valence-corrected chi connectivity index (χ0v) is 18.1. The molecule has 0 saturated carbocycles. The van der Waals surface area contributed by atoms with E-state index in [1.165, 1.54) is 24.3 Å². The number of hydrogen-bond acceptors (Lipinski definition) is 4. The van der Waals surface area contributed by atoms with Crippen LogP contribution in [0.25, 0.3) is 0 Å². The van der Waals surface area contributed by atoms with Gasteiger partial charge in [-0.05, 0) is 83.9 Å². The first kappa shape index (κ1) is 21.7. The van der Waals surface area contributed by atoms with Crippen molar-refractivity contribution in [3.05, 3.63) is 53.6 Å². The second kappa shape index (κ2) is 8.05.